The van der Waals surface area contributed by atoms with Crippen LogP contribution < -0.4 is 17.2 Å². The molecule has 0 atom stereocenters. The minimum absolute atomic E-state index is 0.0876. The maximum Gasteiger partial charge on any atom is 0.271 e. The molecule has 0 aliphatic rings. The van der Waals surface area contributed by atoms with Gasteiger partial charge in [-0.2, -0.15) is 5.10 Å². The second-order valence-electron chi connectivity index (χ2n) is 3.77. The van der Waals surface area contributed by atoms with E-state index in [9.17, 15) is 9.59 Å². The zero-order valence-electron chi connectivity index (χ0n) is 9.63. The lowest BCUT2D eigenvalue weighted by atomic mass is 10.1. The fourth-order valence-electron chi connectivity index (χ4n) is 1.60. The topological polar surface area (TPSA) is 130 Å². The van der Waals surface area contributed by atoms with E-state index in [0.717, 1.165) is 0 Å². The SMILES string of the molecule is NC(=O)c1ccc(Cl)cc1-n1cc(N)c(C(N)=O)n1. The summed E-state index contributed by atoms with van der Waals surface area (Å²) in [7, 11) is 0. The summed E-state index contributed by atoms with van der Waals surface area (Å²) in [5.74, 6) is -1.42. The number of nitrogens with two attached hydrogens (primary N) is 3. The smallest absolute Gasteiger partial charge is 0.271 e. The summed E-state index contributed by atoms with van der Waals surface area (Å²) in [5.41, 5.74) is 16.5. The van der Waals surface area contributed by atoms with Gasteiger partial charge in [-0.1, -0.05) is 11.6 Å². The lowest BCUT2D eigenvalue weighted by Crippen LogP contribution is -2.16. The highest BCUT2D eigenvalue weighted by Gasteiger charge is 2.16. The lowest BCUT2D eigenvalue weighted by Gasteiger charge is -2.06. The first-order valence-corrected chi connectivity index (χ1v) is 5.52. The van der Waals surface area contributed by atoms with Crippen LogP contribution >= 0.6 is 11.6 Å². The van der Waals surface area contributed by atoms with Crippen LogP contribution in [0.25, 0.3) is 5.69 Å². The molecule has 1 aromatic heterocycles. The van der Waals surface area contributed by atoms with E-state index in [1.54, 1.807) is 0 Å². The number of hydrogen-bond donors (Lipinski definition) is 3. The number of primary amides is 2. The molecule has 98 valence electrons. The van der Waals surface area contributed by atoms with Gasteiger partial charge in [0.15, 0.2) is 5.69 Å². The zero-order chi connectivity index (χ0) is 14.2. The molecule has 1 aromatic carbocycles. The predicted octanol–water partition coefficient (Wildman–Crippen LogP) is 0.306. The van der Waals surface area contributed by atoms with E-state index in [2.05, 4.69) is 5.10 Å². The molecule has 0 spiro atoms. The summed E-state index contributed by atoms with van der Waals surface area (Å²) < 4.78 is 1.24. The lowest BCUT2D eigenvalue weighted by molar-refractivity contribution is 0.0991. The van der Waals surface area contributed by atoms with Gasteiger partial charge in [0.2, 0.25) is 0 Å². The number of nitrogens with zero attached hydrogens (tertiary/aromatic N) is 2. The molecule has 0 fully saturated rings. The molecule has 0 aliphatic carbocycles. The molecule has 6 N–H and O–H groups in total. The van der Waals surface area contributed by atoms with Crippen molar-refractivity contribution in [1.29, 1.82) is 0 Å². The molecule has 0 aliphatic heterocycles. The third kappa shape index (κ3) is 2.36. The van der Waals surface area contributed by atoms with E-state index in [4.69, 9.17) is 28.8 Å². The number of carbonyl (C=O) groups is 2. The Morgan fingerprint density at radius 1 is 1.21 bits per heavy atom. The maximum atomic E-state index is 11.3. The van der Waals surface area contributed by atoms with E-state index in [-0.39, 0.29) is 16.9 Å². The summed E-state index contributed by atoms with van der Waals surface area (Å²) >= 11 is 5.86. The number of nitrogen functional groups attached to an aromatic ring is 1. The van der Waals surface area contributed by atoms with Crippen LogP contribution in [0.15, 0.2) is 24.4 Å². The number of aromatic nitrogens is 2. The van der Waals surface area contributed by atoms with Crippen LogP contribution in [-0.4, -0.2) is 21.6 Å². The Morgan fingerprint density at radius 2 is 1.89 bits per heavy atom. The van der Waals surface area contributed by atoms with Crippen molar-refractivity contribution in [1.82, 2.24) is 9.78 Å². The molecule has 0 saturated heterocycles. The number of carbonyl (C=O) groups excluding carboxylic acids is 2. The molecular formula is C11H10ClN5O2. The van der Waals surface area contributed by atoms with Crippen molar-refractivity contribution >= 4 is 29.1 Å². The quantitative estimate of drug-likeness (QED) is 0.746. The first-order chi connectivity index (χ1) is 8.90. The molecule has 1 heterocycles. The van der Waals surface area contributed by atoms with E-state index >= 15 is 0 Å². The van der Waals surface area contributed by atoms with Crippen molar-refractivity contribution in [3.63, 3.8) is 0 Å². The Kier molecular flexibility index (Phi) is 3.14. The molecule has 8 heteroatoms. The number of amides is 2. The Labute approximate surface area is 112 Å². The van der Waals surface area contributed by atoms with Gasteiger partial charge in [-0.05, 0) is 18.2 Å². The van der Waals surface area contributed by atoms with Gasteiger partial charge in [0.25, 0.3) is 11.8 Å². The number of benzene rings is 1. The van der Waals surface area contributed by atoms with Gasteiger partial charge in [-0.15, -0.1) is 0 Å². The van der Waals surface area contributed by atoms with Gasteiger partial charge in [0.1, 0.15) is 0 Å². The monoisotopic (exact) mass is 279 g/mol. The molecule has 0 saturated carbocycles. The maximum absolute atomic E-state index is 11.3. The highest BCUT2D eigenvalue weighted by molar-refractivity contribution is 6.31. The van der Waals surface area contributed by atoms with E-state index in [0.29, 0.717) is 10.7 Å². The van der Waals surface area contributed by atoms with E-state index in [1.165, 1.54) is 29.1 Å². The summed E-state index contributed by atoms with van der Waals surface area (Å²) in [4.78, 5) is 22.4. The van der Waals surface area contributed by atoms with Crippen LogP contribution in [0.2, 0.25) is 5.02 Å². The first-order valence-electron chi connectivity index (χ1n) is 5.15. The normalized spacial score (nSPS) is 10.4. The van der Waals surface area contributed by atoms with Gasteiger partial charge in [-0.25, -0.2) is 4.68 Å². The molecule has 19 heavy (non-hydrogen) atoms. The van der Waals surface area contributed by atoms with Crippen molar-refractivity contribution in [2.24, 2.45) is 11.5 Å². The summed E-state index contributed by atoms with van der Waals surface area (Å²) in [6.07, 6.45) is 1.36. The van der Waals surface area contributed by atoms with Crippen LogP contribution in [0.1, 0.15) is 20.8 Å². The largest absolute Gasteiger partial charge is 0.396 e. The Hall–Kier alpha value is -2.54. The van der Waals surface area contributed by atoms with Crippen LogP contribution in [-0.2, 0) is 0 Å². The first kappa shape index (κ1) is 12.9. The molecular weight excluding hydrogens is 270 g/mol. The van der Waals surface area contributed by atoms with Crippen molar-refractivity contribution < 1.29 is 9.59 Å². The van der Waals surface area contributed by atoms with Gasteiger partial charge in [0, 0.05) is 5.02 Å². The van der Waals surface area contributed by atoms with Crippen LogP contribution in [0.5, 0.6) is 0 Å². The van der Waals surface area contributed by atoms with Gasteiger partial charge in [-0.3, -0.25) is 9.59 Å². The van der Waals surface area contributed by atoms with Gasteiger partial charge >= 0.3 is 0 Å². The second-order valence-corrected chi connectivity index (χ2v) is 4.20. The summed E-state index contributed by atoms with van der Waals surface area (Å²) in [6.45, 7) is 0. The fraction of sp³-hybridized carbons (Fsp3) is 0. The number of hydrogen-bond acceptors (Lipinski definition) is 4. The molecule has 2 amide bonds. The third-order valence-electron chi connectivity index (χ3n) is 2.45. The molecule has 0 radical (unpaired) electrons. The summed E-state index contributed by atoms with van der Waals surface area (Å²) in [5, 5.41) is 4.30. The predicted molar refractivity (Wildman–Crippen MR) is 70.0 cm³/mol. The minimum Gasteiger partial charge on any atom is -0.396 e. The Morgan fingerprint density at radius 3 is 2.42 bits per heavy atom. The molecule has 2 rings (SSSR count). The molecule has 0 unspecified atom stereocenters. The molecule has 7 nitrogen and oxygen atoms in total. The van der Waals surface area contributed by atoms with Crippen LogP contribution in [0, 0.1) is 0 Å². The van der Waals surface area contributed by atoms with Crippen molar-refractivity contribution in [3.8, 4) is 5.69 Å². The van der Waals surface area contributed by atoms with Gasteiger partial charge < -0.3 is 17.2 Å². The molecule has 2 aromatic rings. The standard InChI is InChI=1S/C11H10ClN5O2/c12-5-1-2-6(10(14)18)8(3-5)17-4-7(13)9(16-17)11(15)19/h1-4H,13H2,(H2,14,18)(H2,15,19). The summed E-state index contributed by atoms with van der Waals surface area (Å²) in [6, 6.07) is 4.47. The van der Waals surface area contributed by atoms with E-state index in [1.807, 2.05) is 0 Å². The number of anilines is 1. The van der Waals surface area contributed by atoms with Crippen molar-refractivity contribution in [2.45, 2.75) is 0 Å². The third-order valence-corrected chi connectivity index (χ3v) is 2.68. The number of halogens is 1. The van der Waals surface area contributed by atoms with Crippen molar-refractivity contribution in [2.75, 3.05) is 5.73 Å². The highest BCUT2D eigenvalue weighted by atomic mass is 35.5. The van der Waals surface area contributed by atoms with Crippen molar-refractivity contribution in [3.05, 3.63) is 40.7 Å². The zero-order valence-corrected chi connectivity index (χ0v) is 10.4. The van der Waals surface area contributed by atoms with Gasteiger partial charge in [0.05, 0.1) is 23.1 Å². The van der Waals surface area contributed by atoms with Crippen LogP contribution in [0.3, 0.4) is 0 Å². The Bertz CT molecular complexity index is 680. The average Bonchev–Trinajstić information content (AvgIpc) is 2.70. The molecule has 0 bridgehead atoms. The fourth-order valence-corrected chi connectivity index (χ4v) is 1.77. The Balaban J connectivity index is 2.64. The highest BCUT2D eigenvalue weighted by Crippen LogP contribution is 2.21. The van der Waals surface area contributed by atoms with Crippen LogP contribution in [0.4, 0.5) is 5.69 Å². The van der Waals surface area contributed by atoms with E-state index < -0.39 is 11.8 Å². The number of rotatable bonds is 3. The average molecular weight is 280 g/mol. The minimum atomic E-state index is -0.765. The second kappa shape index (κ2) is 4.62.